The van der Waals surface area contributed by atoms with Crippen LogP contribution in [0.25, 0.3) is 0 Å². The maximum atomic E-state index is 13.2. The van der Waals surface area contributed by atoms with Gasteiger partial charge >= 0.3 is 12.1 Å². The van der Waals surface area contributed by atoms with Crippen LogP contribution in [-0.4, -0.2) is 38.8 Å². The van der Waals surface area contributed by atoms with Crippen molar-refractivity contribution in [2.75, 3.05) is 20.8 Å². The number of methoxy groups -OCH3 is 2. The molecule has 0 amide bonds. The van der Waals surface area contributed by atoms with Gasteiger partial charge in [0.15, 0.2) is 5.78 Å². The van der Waals surface area contributed by atoms with Gasteiger partial charge in [-0.25, -0.2) is 4.79 Å². The number of carbonyl (C=O) groups excluding carboxylic acids is 2. The van der Waals surface area contributed by atoms with Gasteiger partial charge in [-0.1, -0.05) is 19.9 Å². The Morgan fingerprint density at radius 1 is 1.21 bits per heavy atom. The zero-order valence-corrected chi connectivity index (χ0v) is 19.3. The molecule has 33 heavy (non-hydrogen) atoms. The number of dihydropyridines is 1. The Bertz CT molecular complexity index is 1020. The van der Waals surface area contributed by atoms with E-state index in [1.165, 1.54) is 14.2 Å². The van der Waals surface area contributed by atoms with Crippen LogP contribution in [-0.2, 0) is 25.7 Å². The van der Waals surface area contributed by atoms with Crippen molar-refractivity contribution in [3.05, 3.63) is 51.9 Å². The third-order valence-electron chi connectivity index (χ3n) is 5.81. The molecular formula is C24H28F3NO5. The number of esters is 1. The summed E-state index contributed by atoms with van der Waals surface area (Å²) in [4.78, 5) is 26.0. The molecule has 1 aromatic rings. The number of Topliss-reactive ketones (excluding diaryl/α,β-unsaturated/α-hetero) is 1. The summed E-state index contributed by atoms with van der Waals surface area (Å²) in [6.07, 6.45) is -3.53. The van der Waals surface area contributed by atoms with Crippen LogP contribution in [0, 0.1) is 5.41 Å². The van der Waals surface area contributed by atoms with Crippen LogP contribution in [0.2, 0.25) is 0 Å². The fourth-order valence-electron chi connectivity index (χ4n) is 4.52. The predicted octanol–water partition coefficient (Wildman–Crippen LogP) is 4.55. The molecule has 1 aliphatic heterocycles. The maximum Gasteiger partial charge on any atom is 0.411 e. The first kappa shape index (κ1) is 24.8. The third kappa shape index (κ3) is 5.40. The second kappa shape index (κ2) is 9.21. The monoisotopic (exact) mass is 467 g/mol. The molecule has 0 bridgehead atoms. The minimum absolute atomic E-state index is 0.0849. The molecule has 6 nitrogen and oxygen atoms in total. The van der Waals surface area contributed by atoms with Crippen molar-refractivity contribution in [3.8, 4) is 5.75 Å². The average molecular weight is 467 g/mol. The number of allylic oxidation sites excluding steroid dienone is 3. The van der Waals surface area contributed by atoms with E-state index in [1.807, 2.05) is 13.8 Å². The zero-order valence-electron chi connectivity index (χ0n) is 19.3. The van der Waals surface area contributed by atoms with E-state index in [2.05, 4.69) is 5.32 Å². The molecule has 180 valence electrons. The Kier molecular flexibility index (Phi) is 6.93. The topological polar surface area (TPSA) is 73.9 Å². The predicted molar refractivity (Wildman–Crippen MR) is 114 cm³/mol. The van der Waals surface area contributed by atoms with Crippen molar-refractivity contribution in [2.45, 2.75) is 52.3 Å². The molecule has 1 heterocycles. The number of hydrogen-bond donors (Lipinski definition) is 1. The second-order valence-corrected chi connectivity index (χ2v) is 9.10. The van der Waals surface area contributed by atoms with E-state index in [0.29, 0.717) is 41.0 Å². The minimum atomic E-state index is -4.46. The van der Waals surface area contributed by atoms with Gasteiger partial charge in [-0.15, -0.1) is 0 Å². The van der Waals surface area contributed by atoms with Crippen LogP contribution in [0.4, 0.5) is 13.2 Å². The molecule has 1 aliphatic carbocycles. The zero-order chi connectivity index (χ0) is 24.6. The number of carbonyl (C=O) groups is 2. The fourth-order valence-corrected chi connectivity index (χ4v) is 4.52. The SMILES string of the molecule is COC(=O)C1=C(C)NC2=C(C(=O)CC(C)(C)C2)[C@H]1c1ccc(OC)c(COCC(F)(F)F)c1. The summed E-state index contributed by atoms with van der Waals surface area (Å²) in [7, 11) is 2.67. The van der Waals surface area contributed by atoms with Gasteiger partial charge in [-0.3, -0.25) is 4.79 Å². The molecule has 0 radical (unpaired) electrons. The Hall–Kier alpha value is -2.81. The largest absolute Gasteiger partial charge is 0.496 e. The summed E-state index contributed by atoms with van der Waals surface area (Å²) in [6.45, 7) is 4.01. The van der Waals surface area contributed by atoms with E-state index < -0.39 is 24.7 Å². The normalized spacial score (nSPS) is 20.4. The van der Waals surface area contributed by atoms with Gasteiger partial charge in [0.05, 0.1) is 26.4 Å². The molecule has 1 aromatic carbocycles. The third-order valence-corrected chi connectivity index (χ3v) is 5.81. The molecule has 0 spiro atoms. The van der Waals surface area contributed by atoms with Crippen LogP contribution in [0.5, 0.6) is 5.75 Å². The fraction of sp³-hybridized carbons (Fsp3) is 0.500. The van der Waals surface area contributed by atoms with Crippen molar-refractivity contribution in [2.24, 2.45) is 5.41 Å². The number of ketones is 1. The molecule has 0 aromatic heterocycles. The number of halogens is 3. The van der Waals surface area contributed by atoms with Gasteiger partial charge in [-0.2, -0.15) is 13.2 Å². The lowest BCUT2D eigenvalue weighted by Gasteiger charge is -2.39. The highest BCUT2D eigenvalue weighted by Gasteiger charge is 2.43. The Labute approximate surface area is 190 Å². The first-order chi connectivity index (χ1) is 15.4. The van der Waals surface area contributed by atoms with Crippen LogP contribution in [0.1, 0.15) is 50.7 Å². The summed E-state index contributed by atoms with van der Waals surface area (Å²) < 4.78 is 52.8. The lowest BCUT2D eigenvalue weighted by molar-refractivity contribution is -0.176. The standard InChI is InChI=1S/C24H28F3NO5/c1-13-19(22(30)32-5)20(21-16(28-13)9-23(2,3)10-17(21)29)14-6-7-18(31-4)15(8-14)11-33-12-24(25,26)27/h6-8,20,28H,9-12H2,1-5H3/t20-/m0/s1. The molecule has 2 aliphatic rings. The van der Waals surface area contributed by atoms with Crippen molar-refractivity contribution < 1.29 is 37.0 Å². The molecule has 3 rings (SSSR count). The highest BCUT2D eigenvalue weighted by molar-refractivity contribution is 6.04. The van der Waals surface area contributed by atoms with Crippen molar-refractivity contribution in [1.29, 1.82) is 0 Å². The number of benzene rings is 1. The van der Waals surface area contributed by atoms with E-state index in [9.17, 15) is 22.8 Å². The summed E-state index contributed by atoms with van der Waals surface area (Å²) in [5.74, 6) is -1.04. The Balaban J connectivity index is 2.10. The number of rotatable bonds is 6. The first-order valence-electron chi connectivity index (χ1n) is 10.5. The smallest absolute Gasteiger partial charge is 0.411 e. The van der Waals surface area contributed by atoms with E-state index in [1.54, 1.807) is 25.1 Å². The van der Waals surface area contributed by atoms with E-state index in [-0.39, 0.29) is 23.4 Å². The molecule has 0 unspecified atom stereocenters. The van der Waals surface area contributed by atoms with Crippen LogP contribution < -0.4 is 10.1 Å². The van der Waals surface area contributed by atoms with E-state index in [4.69, 9.17) is 14.2 Å². The molecule has 9 heteroatoms. The molecule has 0 saturated carbocycles. The van der Waals surface area contributed by atoms with Gasteiger partial charge in [0.1, 0.15) is 12.4 Å². The van der Waals surface area contributed by atoms with Gasteiger partial charge in [0.2, 0.25) is 0 Å². The number of ether oxygens (including phenoxy) is 3. The van der Waals surface area contributed by atoms with Crippen LogP contribution >= 0.6 is 0 Å². The first-order valence-corrected chi connectivity index (χ1v) is 10.5. The molecular weight excluding hydrogens is 439 g/mol. The Morgan fingerprint density at radius 2 is 1.91 bits per heavy atom. The summed E-state index contributed by atoms with van der Waals surface area (Å²) in [5.41, 5.74) is 2.80. The highest BCUT2D eigenvalue weighted by atomic mass is 19.4. The summed E-state index contributed by atoms with van der Waals surface area (Å²) >= 11 is 0. The van der Waals surface area contributed by atoms with Crippen molar-refractivity contribution in [1.82, 2.24) is 5.32 Å². The number of nitrogens with one attached hydrogen (secondary N) is 1. The molecule has 0 saturated heterocycles. The molecule has 1 N–H and O–H groups in total. The number of hydrogen-bond acceptors (Lipinski definition) is 6. The van der Waals surface area contributed by atoms with Gasteiger partial charge in [0, 0.05) is 34.9 Å². The Morgan fingerprint density at radius 3 is 2.52 bits per heavy atom. The van der Waals surface area contributed by atoms with Gasteiger partial charge in [0.25, 0.3) is 0 Å². The summed E-state index contributed by atoms with van der Waals surface area (Å²) in [5, 5.41) is 3.22. The quantitative estimate of drug-likeness (QED) is 0.619. The molecule has 1 atom stereocenters. The lowest BCUT2D eigenvalue weighted by Crippen LogP contribution is -2.38. The second-order valence-electron chi connectivity index (χ2n) is 9.10. The summed E-state index contributed by atoms with van der Waals surface area (Å²) in [6, 6.07) is 4.93. The minimum Gasteiger partial charge on any atom is -0.496 e. The average Bonchev–Trinajstić information content (AvgIpc) is 2.70. The van der Waals surface area contributed by atoms with Crippen molar-refractivity contribution in [3.63, 3.8) is 0 Å². The van der Waals surface area contributed by atoms with E-state index >= 15 is 0 Å². The van der Waals surface area contributed by atoms with Gasteiger partial charge in [-0.05, 0) is 36.5 Å². The van der Waals surface area contributed by atoms with Gasteiger partial charge < -0.3 is 19.5 Å². The highest BCUT2D eigenvalue weighted by Crippen LogP contribution is 2.47. The van der Waals surface area contributed by atoms with Crippen LogP contribution in [0.15, 0.2) is 40.7 Å². The lowest BCUT2D eigenvalue weighted by atomic mass is 9.68. The van der Waals surface area contributed by atoms with E-state index in [0.717, 1.165) is 5.70 Å². The number of alkyl halides is 3. The van der Waals surface area contributed by atoms with Crippen LogP contribution in [0.3, 0.4) is 0 Å². The van der Waals surface area contributed by atoms with Crippen molar-refractivity contribution >= 4 is 11.8 Å². The molecule has 0 fully saturated rings. The maximum absolute atomic E-state index is 13.2.